The first kappa shape index (κ1) is 11.0. The highest BCUT2D eigenvalue weighted by atomic mass is 16.3. The zero-order valence-electron chi connectivity index (χ0n) is 10.1. The second-order valence-electron chi connectivity index (χ2n) is 4.33. The average molecular weight is 218 g/mol. The van der Waals surface area contributed by atoms with Crippen LogP contribution in [0.1, 0.15) is 12.6 Å². The van der Waals surface area contributed by atoms with E-state index in [9.17, 15) is 5.11 Å². The Morgan fingerprint density at radius 2 is 2.06 bits per heavy atom. The molecular weight excluding hydrogens is 200 g/mol. The third-order valence-electron chi connectivity index (χ3n) is 2.80. The largest absolute Gasteiger partial charge is 0.507 e. The van der Waals surface area contributed by atoms with Gasteiger partial charge < -0.3 is 14.6 Å². The number of aryl methyl sites for hydroxylation is 1. The van der Waals surface area contributed by atoms with Crippen molar-refractivity contribution in [3.05, 3.63) is 30.0 Å². The van der Waals surface area contributed by atoms with E-state index in [4.69, 9.17) is 0 Å². The molecule has 86 valence electrons. The number of phenolic OH excluding ortho intramolecular Hbond substituents is 1. The molecule has 0 atom stereocenters. The number of aromatic nitrogens is 1. The minimum absolute atomic E-state index is 0.365. The number of benzene rings is 1. The molecule has 0 aliphatic rings. The topological polar surface area (TPSA) is 28.4 Å². The Kier molecular flexibility index (Phi) is 2.88. The summed E-state index contributed by atoms with van der Waals surface area (Å²) in [6, 6.07) is 7.76. The maximum Gasteiger partial charge on any atom is 0.124 e. The second-order valence-corrected chi connectivity index (χ2v) is 4.33. The van der Waals surface area contributed by atoms with Crippen molar-refractivity contribution in [3.63, 3.8) is 0 Å². The van der Waals surface area contributed by atoms with Gasteiger partial charge in [-0.1, -0.05) is 6.07 Å². The molecule has 0 radical (unpaired) electrons. The molecule has 0 saturated carbocycles. The van der Waals surface area contributed by atoms with Crippen LogP contribution >= 0.6 is 0 Å². The van der Waals surface area contributed by atoms with E-state index < -0.39 is 0 Å². The van der Waals surface area contributed by atoms with Crippen LogP contribution in [-0.4, -0.2) is 28.7 Å². The van der Waals surface area contributed by atoms with Crippen molar-refractivity contribution in [2.75, 3.05) is 14.1 Å². The molecule has 3 nitrogen and oxygen atoms in total. The number of aromatic hydroxyl groups is 1. The van der Waals surface area contributed by atoms with Gasteiger partial charge >= 0.3 is 0 Å². The fourth-order valence-electron chi connectivity index (χ4n) is 2.15. The number of nitrogens with zero attached hydrogens (tertiary/aromatic N) is 2. The summed E-state index contributed by atoms with van der Waals surface area (Å²) in [7, 11) is 4.11. The Hall–Kier alpha value is -1.48. The van der Waals surface area contributed by atoms with Crippen molar-refractivity contribution >= 4 is 10.9 Å². The number of hydrogen-bond acceptors (Lipinski definition) is 2. The van der Waals surface area contributed by atoms with Crippen molar-refractivity contribution in [2.24, 2.45) is 0 Å². The Balaban J connectivity index is 2.61. The summed E-state index contributed by atoms with van der Waals surface area (Å²) in [5, 5.41) is 10.8. The first-order valence-corrected chi connectivity index (χ1v) is 5.58. The lowest BCUT2D eigenvalue weighted by Gasteiger charge is -2.12. The molecule has 0 spiro atoms. The zero-order valence-corrected chi connectivity index (χ0v) is 10.1. The Bertz CT molecular complexity index is 500. The van der Waals surface area contributed by atoms with Crippen LogP contribution in [0.5, 0.6) is 5.75 Å². The molecule has 0 unspecified atom stereocenters. The van der Waals surface area contributed by atoms with Crippen LogP contribution in [0.3, 0.4) is 0 Å². The van der Waals surface area contributed by atoms with Crippen LogP contribution in [0.2, 0.25) is 0 Å². The van der Waals surface area contributed by atoms with Gasteiger partial charge in [0.1, 0.15) is 5.75 Å². The molecule has 1 heterocycles. The van der Waals surface area contributed by atoms with E-state index in [1.54, 1.807) is 6.07 Å². The van der Waals surface area contributed by atoms with Gasteiger partial charge in [0.2, 0.25) is 0 Å². The number of phenols is 1. The number of hydrogen-bond donors (Lipinski definition) is 1. The average Bonchev–Trinajstić information content (AvgIpc) is 2.56. The molecule has 1 aromatic carbocycles. The highest BCUT2D eigenvalue weighted by Gasteiger charge is 2.10. The maximum atomic E-state index is 9.81. The molecule has 1 aromatic heterocycles. The monoisotopic (exact) mass is 218 g/mol. The highest BCUT2D eigenvalue weighted by molar-refractivity contribution is 5.87. The summed E-state index contributed by atoms with van der Waals surface area (Å²) in [6.07, 6.45) is 0. The van der Waals surface area contributed by atoms with E-state index in [1.165, 1.54) is 5.69 Å². The first-order valence-electron chi connectivity index (χ1n) is 5.58. The first-order chi connectivity index (χ1) is 7.63. The molecule has 16 heavy (non-hydrogen) atoms. The molecule has 2 aromatic rings. The highest BCUT2D eigenvalue weighted by Crippen LogP contribution is 2.28. The van der Waals surface area contributed by atoms with E-state index in [1.807, 2.05) is 6.07 Å². The molecular formula is C13H18N2O. The van der Waals surface area contributed by atoms with Gasteiger partial charge in [0.25, 0.3) is 0 Å². The smallest absolute Gasteiger partial charge is 0.124 e. The van der Waals surface area contributed by atoms with E-state index in [0.717, 1.165) is 24.0 Å². The van der Waals surface area contributed by atoms with Crippen LogP contribution in [0, 0.1) is 0 Å². The molecule has 0 bridgehead atoms. The summed E-state index contributed by atoms with van der Waals surface area (Å²) in [5.41, 5.74) is 2.35. The van der Waals surface area contributed by atoms with Gasteiger partial charge in [-0.05, 0) is 39.2 Å². The lowest BCUT2D eigenvalue weighted by molar-refractivity contribution is 0.389. The van der Waals surface area contributed by atoms with Crippen LogP contribution in [0.25, 0.3) is 10.9 Å². The van der Waals surface area contributed by atoms with Crippen molar-refractivity contribution in [1.82, 2.24) is 9.47 Å². The van der Waals surface area contributed by atoms with Crippen LogP contribution < -0.4 is 0 Å². The molecule has 2 rings (SSSR count). The number of fused-ring (bicyclic) bond motifs is 1. The van der Waals surface area contributed by atoms with E-state index in [0.29, 0.717) is 5.75 Å². The summed E-state index contributed by atoms with van der Waals surface area (Å²) >= 11 is 0. The molecule has 3 heteroatoms. The van der Waals surface area contributed by atoms with Gasteiger partial charge in [0.15, 0.2) is 0 Å². The van der Waals surface area contributed by atoms with Gasteiger partial charge in [-0.15, -0.1) is 0 Å². The predicted octanol–water partition coefficient (Wildman–Crippen LogP) is 2.43. The summed E-state index contributed by atoms with van der Waals surface area (Å²) in [6.45, 7) is 3.95. The molecule has 0 amide bonds. The zero-order chi connectivity index (χ0) is 11.7. The van der Waals surface area contributed by atoms with Crippen LogP contribution in [0.4, 0.5) is 0 Å². The quantitative estimate of drug-likeness (QED) is 0.857. The summed E-state index contributed by atoms with van der Waals surface area (Å²) in [5.74, 6) is 0.365. The Labute approximate surface area is 95.9 Å². The minimum Gasteiger partial charge on any atom is -0.507 e. The van der Waals surface area contributed by atoms with E-state index in [-0.39, 0.29) is 0 Å². The lowest BCUT2D eigenvalue weighted by Crippen LogP contribution is -2.14. The van der Waals surface area contributed by atoms with Gasteiger partial charge in [0.05, 0.1) is 5.52 Å². The van der Waals surface area contributed by atoms with Crippen LogP contribution in [-0.2, 0) is 13.1 Å². The standard InChI is InChI=1S/C13H18N2O/c1-4-15-10(9-14(2)3)8-11-12(15)6-5-7-13(11)16/h5-8,16H,4,9H2,1-3H3. The Morgan fingerprint density at radius 3 is 2.69 bits per heavy atom. The fraction of sp³-hybridized carbons (Fsp3) is 0.385. The molecule has 0 fully saturated rings. The van der Waals surface area contributed by atoms with Crippen molar-refractivity contribution in [1.29, 1.82) is 0 Å². The summed E-state index contributed by atoms with van der Waals surface area (Å²) < 4.78 is 2.25. The molecule has 0 aliphatic carbocycles. The number of rotatable bonds is 3. The predicted molar refractivity (Wildman–Crippen MR) is 66.7 cm³/mol. The third-order valence-corrected chi connectivity index (χ3v) is 2.80. The van der Waals surface area contributed by atoms with Gasteiger partial charge in [-0.2, -0.15) is 0 Å². The summed E-state index contributed by atoms with van der Waals surface area (Å²) in [4.78, 5) is 2.14. The minimum atomic E-state index is 0.365. The van der Waals surface area contributed by atoms with Gasteiger partial charge in [-0.3, -0.25) is 0 Å². The van der Waals surface area contributed by atoms with Crippen molar-refractivity contribution < 1.29 is 5.11 Å². The SMILES string of the molecule is CCn1c(CN(C)C)cc2c(O)cccc21. The molecule has 1 N–H and O–H groups in total. The Morgan fingerprint density at radius 1 is 1.31 bits per heavy atom. The van der Waals surface area contributed by atoms with Crippen molar-refractivity contribution in [2.45, 2.75) is 20.0 Å². The fourth-order valence-corrected chi connectivity index (χ4v) is 2.15. The molecule has 0 aliphatic heterocycles. The maximum absolute atomic E-state index is 9.81. The third kappa shape index (κ3) is 1.78. The van der Waals surface area contributed by atoms with Crippen molar-refractivity contribution in [3.8, 4) is 5.75 Å². The normalized spacial score (nSPS) is 11.5. The van der Waals surface area contributed by atoms with Gasteiger partial charge in [-0.25, -0.2) is 0 Å². The molecule has 0 saturated heterocycles. The van der Waals surface area contributed by atoms with Gasteiger partial charge in [0, 0.05) is 24.2 Å². The van der Waals surface area contributed by atoms with E-state index in [2.05, 4.69) is 42.6 Å². The van der Waals surface area contributed by atoms with E-state index >= 15 is 0 Å². The lowest BCUT2D eigenvalue weighted by atomic mass is 10.2. The van der Waals surface area contributed by atoms with Crippen LogP contribution in [0.15, 0.2) is 24.3 Å². The second kappa shape index (κ2) is 4.18.